The van der Waals surface area contributed by atoms with Crippen molar-refractivity contribution in [1.29, 1.82) is 0 Å². The first-order valence-corrected chi connectivity index (χ1v) is 8.19. The number of ether oxygens (including phenoxy) is 1. The van der Waals surface area contributed by atoms with Gasteiger partial charge in [0.1, 0.15) is 5.75 Å². The number of hydrogen-bond donors (Lipinski definition) is 1. The molecule has 1 saturated heterocycles. The Morgan fingerprint density at radius 1 is 1.22 bits per heavy atom. The Morgan fingerprint density at radius 2 is 1.96 bits per heavy atom. The summed E-state index contributed by atoms with van der Waals surface area (Å²) in [5, 5.41) is 2.62. The summed E-state index contributed by atoms with van der Waals surface area (Å²) in [5.74, 6) is 0.603. The van der Waals surface area contributed by atoms with E-state index in [9.17, 15) is 9.59 Å². The van der Waals surface area contributed by atoms with E-state index in [1.54, 1.807) is 7.05 Å². The van der Waals surface area contributed by atoms with E-state index in [0.29, 0.717) is 12.3 Å². The van der Waals surface area contributed by atoms with Crippen molar-refractivity contribution in [3.63, 3.8) is 0 Å². The van der Waals surface area contributed by atoms with Gasteiger partial charge in [-0.25, -0.2) is 0 Å². The molecule has 6 heteroatoms. The van der Waals surface area contributed by atoms with Crippen molar-refractivity contribution in [1.82, 2.24) is 10.2 Å². The summed E-state index contributed by atoms with van der Waals surface area (Å²) >= 11 is 0. The number of rotatable bonds is 3. The zero-order chi connectivity index (χ0) is 16.2. The molecule has 2 aliphatic heterocycles. The quantitative estimate of drug-likeness (QED) is 0.904. The van der Waals surface area contributed by atoms with Gasteiger partial charge >= 0.3 is 0 Å². The normalized spacial score (nSPS) is 20.5. The van der Waals surface area contributed by atoms with Crippen molar-refractivity contribution < 1.29 is 14.3 Å². The second kappa shape index (κ2) is 6.89. The molecular formula is C17H23N3O3. The van der Waals surface area contributed by atoms with Crippen LogP contribution in [0.25, 0.3) is 0 Å². The van der Waals surface area contributed by atoms with E-state index in [4.69, 9.17) is 4.74 Å². The lowest BCUT2D eigenvalue weighted by Crippen LogP contribution is -2.51. The lowest BCUT2D eigenvalue weighted by atomic mass is 10.1. The van der Waals surface area contributed by atoms with E-state index in [0.717, 1.165) is 31.6 Å². The second-order valence-corrected chi connectivity index (χ2v) is 6.01. The lowest BCUT2D eigenvalue weighted by Gasteiger charge is -2.36. The van der Waals surface area contributed by atoms with Gasteiger partial charge in [0, 0.05) is 20.1 Å². The standard InChI is InChI=1S/C17H23N3O3/c1-18-17(22)15-11-20(13-7-3-4-8-14(13)23-15)12-16(21)19-9-5-2-6-10-19/h3-4,7-8,15H,2,5-6,9-12H2,1H3,(H,18,22)/t15-/m0/s1. The molecule has 3 rings (SSSR count). The Kier molecular flexibility index (Phi) is 4.69. The number of amides is 2. The minimum atomic E-state index is -0.593. The van der Waals surface area contributed by atoms with Crippen LogP contribution in [0.5, 0.6) is 5.75 Å². The van der Waals surface area contributed by atoms with Crippen molar-refractivity contribution in [2.24, 2.45) is 0 Å². The van der Waals surface area contributed by atoms with Crippen molar-refractivity contribution in [2.45, 2.75) is 25.4 Å². The van der Waals surface area contributed by atoms with Gasteiger partial charge in [-0.3, -0.25) is 9.59 Å². The molecule has 0 radical (unpaired) electrons. The highest BCUT2D eigenvalue weighted by Crippen LogP contribution is 2.33. The van der Waals surface area contributed by atoms with Crippen LogP contribution in [-0.2, 0) is 9.59 Å². The number of piperidine rings is 1. The molecule has 0 spiro atoms. The molecule has 2 aliphatic rings. The number of benzene rings is 1. The summed E-state index contributed by atoms with van der Waals surface area (Å²) < 4.78 is 5.76. The third kappa shape index (κ3) is 3.41. The number of likely N-dealkylation sites (tertiary alicyclic amines) is 1. The average Bonchev–Trinajstić information content (AvgIpc) is 2.61. The predicted molar refractivity (Wildman–Crippen MR) is 87.6 cm³/mol. The molecule has 0 bridgehead atoms. The highest BCUT2D eigenvalue weighted by atomic mass is 16.5. The molecule has 1 atom stereocenters. The van der Waals surface area contributed by atoms with Gasteiger partial charge in [-0.1, -0.05) is 12.1 Å². The van der Waals surface area contributed by atoms with Crippen LogP contribution in [-0.4, -0.2) is 56.0 Å². The molecule has 23 heavy (non-hydrogen) atoms. The summed E-state index contributed by atoms with van der Waals surface area (Å²) in [6.45, 7) is 2.34. The molecule has 1 fully saturated rings. The fraction of sp³-hybridized carbons (Fsp3) is 0.529. The monoisotopic (exact) mass is 317 g/mol. The maximum Gasteiger partial charge on any atom is 0.262 e. The van der Waals surface area contributed by atoms with E-state index in [-0.39, 0.29) is 18.4 Å². The topological polar surface area (TPSA) is 61.9 Å². The van der Waals surface area contributed by atoms with Gasteiger partial charge in [0.05, 0.1) is 18.8 Å². The highest BCUT2D eigenvalue weighted by molar-refractivity contribution is 5.86. The summed E-state index contributed by atoms with van der Waals surface area (Å²) in [6, 6.07) is 7.55. The van der Waals surface area contributed by atoms with Crippen molar-refractivity contribution in [3.05, 3.63) is 24.3 Å². The van der Waals surface area contributed by atoms with Crippen LogP contribution in [0.4, 0.5) is 5.69 Å². The van der Waals surface area contributed by atoms with Gasteiger partial charge in [0.2, 0.25) is 5.91 Å². The number of anilines is 1. The summed E-state index contributed by atoms with van der Waals surface area (Å²) in [6.07, 6.45) is 2.76. The minimum Gasteiger partial charge on any atom is -0.477 e. The zero-order valence-corrected chi connectivity index (χ0v) is 13.5. The van der Waals surface area contributed by atoms with Crippen LogP contribution in [0.15, 0.2) is 24.3 Å². The molecule has 124 valence electrons. The SMILES string of the molecule is CNC(=O)[C@@H]1CN(CC(=O)N2CCCCC2)c2ccccc2O1. The van der Waals surface area contributed by atoms with Crippen molar-refractivity contribution >= 4 is 17.5 Å². The molecule has 2 amide bonds. The fourth-order valence-corrected chi connectivity index (χ4v) is 3.16. The number of hydrogen-bond acceptors (Lipinski definition) is 4. The van der Waals surface area contributed by atoms with Gasteiger partial charge in [0.25, 0.3) is 5.91 Å². The maximum absolute atomic E-state index is 12.6. The third-order valence-electron chi connectivity index (χ3n) is 4.44. The molecule has 1 aromatic rings. The molecule has 0 saturated carbocycles. The zero-order valence-electron chi connectivity index (χ0n) is 13.5. The molecule has 0 aromatic heterocycles. The lowest BCUT2D eigenvalue weighted by molar-refractivity contribution is -0.131. The summed E-state index contributed by atoms with van der Waals surface area (Å²) in [5.41, 5.74) is 0.873. The molecule has 6 nitrogen and oxygen atoms in total. The number of nitrogens with one attached hydrogen (secondary N) is 1. The van der Waals surface area contributed by atoms with Crippen LogP contribution >= 0.6 is 0 Å². The minimum absolute atomic E-state index is 0.122. The number of carbonyl (C=O) groups excluding carboxylic acids is 2. The van der Waals surface area contributed by atoms with Crippen molar-refractivity contribution in [3.8, 4) is 5.75 Å². The van der Waals surface area contributed by atoms with Gasteiger partial charge in [0.15, 0.2) is 6.10 Å². The van der Waals surface area contributed by atoms with Crippen LogP contribution in [0, 0.1) is 0 Å². The van der Waals surface area contributed by atoms with Gasteiger partial charge in [-0.05, 0) is 31.4 Å². The van der Waals surface area contributed by atoms with E-state index in [1.165, 1.54) is 6.42 Å². The second-order valence-electron chi connectivity index (χ2n) is 6.01. The smallest absolute Gasteiger partial charge is 0.262 e. The van der Waals surface area contributed by atoms with Crippen LogP contribution < -0.4 is 15.0 Å². The third-order valence-corrected chi connectivity index (χ3v) is 4.44. The van der Waals surface area contributed by atoms with Gasteiger partial charge in [-0.15, -0.1) is 0 Å². The average molecular weight is 317 g/mol. The molecule has 0 unspecified atom stereocenters. The van der Waals surface area contributed by atoms with E-state index < -0.39 is 6.10 Å². The Bertz CT molecular complexity index is 584. The summed E-state index contributed by atoms with van der Waals surface area (Å²) in [7, 11) is 1.59. The summed E-state index contributed by atoms with van der Waals surface area (Å²) in [4.78, 5) is 28.4. The van der Waals surface area contributed by atoms with E-state index in [1.807, 2.05) is 34.1 Å². The van der Waals surface area contributed by atoms with Gasteiger partial charge in [-0.2, -0.15) is 0 Å². The number of carbonyl (C=O) groups is 2. The van der Waals surface area contributed by atoms with Crippen molar-refractivity contribution in [2.75, 3.05) is 38.1 Å². The number of para-hydroxylation sites is 2. The Labute approximate surface area is 136 Å². The van der Waals surface area contributed by atoms with Crippen LogP contribution in [0.3, 0.4) is 0 Å². The van der Waals surface area contributed by atoms with E-state index >= 15 is 0 Å². The van der Waals surface area contributed by atoms with Gasteiger partial charge < -0.3 is 19.9 Å². The molecule has 1 aromatic carbocycles. The Hall–Kier alpha value is -2.24. The molecule has 2 heterocycles. The number of likely N-dealkylation sites (N-methyl/N-ethyl adjacent to an activating group) is 1. The molecular weight excluding hydrogens is 294 g/mol. The molecule has 1 N–H and O–H groups in total. The molecule has 0 aliphatic carbocycles. The number of fused-ring (bicyclic) bond motifs is 1. The largest absolute Gasteiger partial charge is 0.477 e. The van der Waals surface area contributed by atoms with Crippen LogP contribution in [0.1, 0.15) is 19.3 Å². The first kappa shape index (κ1) is 15.6. The Balaban J connectivity index is 1.76. The fourth-order valence-electron chi connectivity index (χ4n) is 3.16. The number of nitrogens with zero attached hydrogens (tertiary/aromatic N) is 2. The maximum atomic E-state index is 12.6. The Morgan fingerprint density at radius 3 is 2.70 bits per heavy atom. The van der Waals surface area contributed by atoms with Crippen LogP contribution in [0.2, 0.25) is 0 Å². The highest BCUT2D eigenvalue weighted by Gasteiger charge is 2.31. The first-order valence-electron chi connectivity index (χ1n) is 8.19. The predicted octanol–water partition coefficient (Wildman–Crippen LogP) is 1.01. The van der Waals surface area contributed by atoms with E-state index in [2.05, 4.69) is 5.32 Å². The first-order chi connectivity index (χ1) is 11.2.